The van der Waals surface area contributed by atoms with Gasteiger partial charge in [-0.05, 0) is 19.1 Å². The molecule has 1 heterocycles. The molecule has 3 N–H and O–H groups in total. The molecule has 0 aliphatic heterocycles. The Labute approximate surface area is 125 Å². The maximum Gasteiger partial charge on any atom is 0.270 e. The molecule has 108 valence electrons. The number of thiophene rings is 1. The van der Waals surface area contributed by atoms with Gasteiger partial charge in [0.25, 0.3) is 11.6 Å². The van der Waals surface area contributed by atoms with Crippen LogP contribution in [0.25, 0.3) is 10.1 Å². The largest absolute Gasteiger partial charge is 0.348 e. The molecule has 2 rings (SSSR count). The van der Waals surface area contributed by atoms with E-state index < -0.39 is 4.92 Å². The molecule has 0 aliphatic rings. The summed E-state index contributed by atoms with van der Waals surface area (Å²) in [4.78, 5) is 22.7. The predicted octanol–water partition coefficient (Wildman–Crippen LogP) is 2.31. The van der Waals surface area contributed by atoms with E-state index in [0.717, 1.165) is 4.70 Å². The quantitative estimate of drug-likeness (QED) is 0.668. The second-order valence-corrected chi connectivity index (χ2v) is 5.28. The van der Waals surface area contributed by atoms with Crippen LogP contribution in [-0.4, -0.2) is 23.4 Å². The molecule has 0 aliphatic carbocycles. The summed E-state index contributed by atoms with van der Waals surface area (Å²) in [5.74, 6) is -0.207. The van der Waals surface area contributed by atoms with Gasteiger partial charge in [0.15, 0.2) is 0 Å². The van der Waals surface area contributed by atoms with Gasteiger partial charge in [0.05, 0.1) is 9.80 Å². The van der Waals surface area contributed by atoms with Crippen molar-refractivity contribution in [3.05, 3.63) is 39.3 Å². The third-order valence-corrected chi connectivity index (χ3v) is 3.78. The predicted molar refractivity (Wildman–Crippen MR) is 81.7 cm³/mol. The molecule has 1 aromatic heterocycles. The SMILES string of the molecule is C[C@@H](CN)NC(=O)c1cc2cc([N+](=O)[O-])ccc2s1.Cl. The zero-order valence-corrected chi connectivity index (χ0v) is 12.3. The molecular weight excluding hydrogens is 302 g/mol. The van der Waals surface area contributed by atoms with Gasteiger partial charge in [-0.1, -0.05) is 0 Å². The number of hydrogen-bond acceptors (Lipinski definition) is 5. The molecule has 1 amide bonds. The smallest absolute Gasteiger partial charge is 0.270 e. The monoisotopic (exact) mass is 315 g/mol. The highest BCUT2D eigenvalue weighted by molar-refractivity contribution is 7.20. The Morgan fingerprint density at radius 3 is 2.80 bits per heavy atom. The highest BCUT2D eigenvalue weighted by Gasteiger charge is 2.14. The van der Waals surface area contributed by atoms with Crippen LogP contribution in [-0.2, 0) is 0 Å². The Balaban J connectivity index is 0.00000200. The maximum absolute atomic E-state index is 11.9. The van der Waals surface area contributed by atoms with Crippen molar-refractivity contribution < 1.29 is 9.72 Å². The standard InChI is InChI=1S/C12H13N3O3S.ClH/c1-7(6-13)14-12(16)11-5-8-4-9(15(17)18)2-3-10(8)19-11;/h2-5,7H,6,13H2,1H3,(H,14,16);1H/t7-;/m0./s1. The minimum absolute atomic E-state index is 0. The van der Waals surface area contributed by atoms with E-state index in [1.165, 1.54) is 23.5 Å². The van der Waals surface area contributed by atoms with E-state index >= 15 is 0 Å². The Morgan fingerprint density at radius 2 is 2.20 bits per heavy atom. The van der Waals surface area contributed by atoms with E-state index in [9.17, 15) is 14.9 Å². The lowest BCUT2D eigenvalue weighted by Crippen LogP contribution is -2.37. The molecule has 6 nitrogen and oxygen atoms in total. The fourth-order valence-electron chi connectivity index (χ4n) is 1.61. The molecule has 2 aromatic rings. The zero-order chi connectivity index (χ0) is 14.0. The molecule has 8 heteroatoms. The molecule has 1 aromatic carbocycles. The summed E-state index contributed by atoms with van der Waals surface area (Å²) < 4.78 is 0.844. The lowest BCUT2D eigenvalue weighted by molar-refractivity contribution is -0.384. The second kappa shape index (κ2) is 6.65. The number of carbonyl (C=O) groups is 1. The second-order valence-electron chi connectivity index (χ2n) is 4.20. The van der Waals surface area contributed by atoms with Crippen molar-refractivity contribution in [2.45, 2.75) is 13.0 Å². The van der Waals surface area contributed by atoms with Crippen LogP contribution in [0.4, 0.5) is 5.69 Å². The van der Waals surface area contributed by atoms with Crippen molar-refractivity contribution in [3.63, 3.8) is 0 Å². The third kappa shape index (κ3) is 3.44. The van der Waals surface area contributed by atoms with E-state index in [-0.39, 0.29) is 30.0 Å². The normalized spacial score (nSPS) is 11.7. The van der Waals surface area contributed by atoms with Crippen LogP contribution < -0.4 is 11.1 Å². The zero-order valence-electron chi connectivity index (χ0n) is 10.7. The molecule has 0 saturated heterocycles. The molecule has 0 unspecified atom stereocenters. The molecule has 0 radical (unpaired) electrons. The van der Waals surface area contributed by atoms with Gasteiger partial charge >= 0.3 is 0 Å². The van der Waals surface area contributed by atoms with Gasteiger partial charge < -0.3 is 11.1 Å². The summed E-state index contributed by atoms with van der Waals surface area (Å²) in [5, 5.41) is 14.1. The first-order valence-corrected chi connectivity index (χ1v) is 6.52. The van der Waals surface area contributed by atoms with E-state index in [2.05, 4.69) is 5.32 Å². The highest BCUT2D eigenvalue weighted by Crippen LogP contribution is 2.28. The first kappa shape index (κ1) is 16.4. The number of nitro groups is 1. The fourth-order valence-corrected chi connectivity index (χ4v) is 2.56. The number of carbonyl (C=O) groups excluding carboxylic acids is 1. The number of non-ortho nitro benzene ring substituents is 1. The number of fused-ring (bicyclic) bond motifs is 1. The number of nitrogens with one attached hydrogen (secondary N) is 1. The molecule has 20 heavy (non-hydrogen) atoms. The van der Waals surface area contributed by atoms with Crippen molar-refractivity contribution >= 4 is 45.4 Å². The van der Waals surface area contributed by atoms with E-state index in [1.54, 1.807) is 12.1 Å². The minimum Gasteiger partial charge on any atom is -0.348 e. The number of nitrogens with two attached hydrogens (primary N) is 1. The fraction of sp³-hybridized carbons (Fsp3) is 0.250. The van der Waals surface area contributed by atoms with Crippen LogP contribution in [0, 0.1) is 10.1 Å². The molecule has 0 bridgehead atoms. The Kier molecular flexibility index (Phi) is 5.43. The van der Waals surface area contributed by atoms with Crippen molar-refractivity contribution in [2.24, 2.45) is 5.73 Å². The van der Waals surface area contributed by atoms with E-state index in [4.69, 9.17) is 5.73 Å². The number of nitro benzene ring substituents is 1. The first-order valence-electron chi connectivity index (χ1n) is 5.70. The number of amides is 1. The van der Waals surface area contributed by atoms with Crippen LogP contribution in [0.1, 0.15) is 16.6 Å². The number of rotatable bonds is 4. The lowest BCUT2D eigenvalue weighted by atomic mass is 10.2. The molecular formula is C12H14ClN3O3S. The van der Waals surface area contributed by atoms with E-state index in [1.807, 2.05) is 6.92 Å². The van der Waals surface area contributed by atoms with Crippen LogP contribution in [0.5, 0.6) is 0 Å². The summed E-state index contributed by atoms with van der Waals surface area (Å²) >= 11 is 1.30. The Bertz CT molecular complexity index is 644. The molecule has 0 saturated carbocycles. The lowest BCUT2D eigenvalue weighted by Gasteiger charge is -2.09. The van der Waals surface area contributed by atoms with Gasteiger partial charge in [-0.2, -0.15) is 0 Å². The van der Waals surface area contributed by atoms with Crippen molar-refractivity contribution in [2.75, 3.05) is 6.54 Å². The number of hydrogen-bond donors (Lipinski definition) is 2. The van der Waals surface area contributed by atoms with Crippen LogP contribution in [0.2, 0.25) is 0 Å². The molecule has 1 atom stereocenters. The minimum atomic E-state index is -0.451. The van der Waals surface area contributed by atoms with Crippen molar-refractivity contribution in [3.8, 4) is 0 Å². The molecule has 0 spiro atoms. The topological polar surface area (TPSA) is 98.3 Å². The number of nitrogens with zero attached hydrogens (tertiary/aromatic N) is 1. The third-order valence-electron chi connectivity index (χ3n) is 2.67. The van der Waals surface area contributed by atoms with Gasteiger partial charge in [0.1, 0.15) is 0 Å². The number of benzene rings is 1. The average molecular weight is 316 g/mol. The van der Waals surface area contributed by atoms with Gasteiger partial charge in [0.2, 0.25) is 0 Å². The summed E-state index contributed by atoms with van der Waals surface area (Å²) in [6, 6.07) is 6.11. The van der Waals surface area contributed by atoms with Crippen molar-refractivity contribution in [1.82, 2.24) is 5.32 Å². The summed E-state index contributed by atoms with van der Waals surface area (Å²) in [5.41, 5.74) is 5.46. The van der Waals surface area contributed by atoms with Crippen LogP contribution in [0.3, 0.4) is 0 Å². The number of halogens is 1. The van der Waals surface area contributed by atoms with E-state index in [0.29, 0.717) is 16.8 Å². The van der Waals surface area contributed by atoms with Crippen LogP contribution >= 0.6 is 23.7 Å². The maximum atomic E-state index is 11.9. The van der Waals surface area contributed by atoms with Crippen molar-refractivity contribution in [1.29, 1.82) is 0 Å². The van der Waals surface area contributed by atoms with Gasteiger partial charge in [-0.25, -0.2) is 0 Å². The van der Waals surface area contributed by atoms with Gasteiger partial charge in [-0.15, -0.1) is 23.7 Å². The molecule has 0 fully saturated rings. The van der Waals surface area contributed by atoms with Gasteiger partial charge in [-0.3, -0.25) is 14.9 Å². The van der Waals surface area contributed by atoms with Crippen LogP contribution in [0.15, 0.2) is 24.3 Å². The summed E-state index contributed by atoms with van der Waals surface area (Å²) in [7, 11) is 0. The highest BCUT2D eigenvalue weighted by atomic mass is 35.5. The Morgan fingerprint density at radius 1 is 1.50 bits per heavy atom. The first-order chi connectivity index (χ1) is 9.01. The van der Waals surface area contributed by atoms with Gasteiger partial charge in [0, 0.05) is 34.8 Å². The summed E-state index contributed by atoms with van der Waals surface area (Å²) in [6.45, 7) is 2.18. The average Bonchev–Trinajstić information content (AvgIpc) is 2.81. The summed E-state index contributed by atoms with van der Waals surface area (Å²) in [6.07, 6.45) is 0. The Hall–Kier alpha value is -1.70.